The van der Waals surface area contributed by atoms with E-state index >= 15 is 0 Å². The van der Waals surface area contributed by atoms with E-state index in [9.17, 15) is 0 Å². The van der Waals surface area contributed by atoms with E-state index in [1.165, 1.54) is 0 Å². The number of nitrogens with zero attached hydrogens (tertiary/aromatic N) is 2. The van der Waals surface area contributed by atoms with Crippen LogP contribution in [0.3, 0.4) is 0 Å². The Hall–Kier alpha value is -1.78. The lowest BCUT2D eigenvalue weighted by molar-refractivity contribution is 0.315. The molecular formula is C12H18N4O. The second kappa shape index (κ2) is 3.91. The lowest BCUT2D eigenvalue weighted by atomic mass is 9.88. The van der Waals surface area contributed by atoms with Gasteiger partial charge in [0.25, 0.3) is 0 Å². The van der Waals surface area contributed by atoms with Gasteiger partial charge < -0.3 is 11.1 Å². The highest BCUT2D eigenvalue weighted by molar-refractivity contribution is 5.95. The Morgan fingerprint density at radius 3 is 2.53 bits per heavy atom. The van der Waals surface area contributed by atoms with E-state index in [4.69, 9.17) is 10.4 Å². The second-order valence-corrected chi connectivity index (χ2v) is 5.40. The molecule has 0 saturated heterocycles. The standard InChI is InChI=1S/C12H18N4O/c1-7(12(2,3)4)14-9-6-5-8(13)10-11(9)16-17-15-10/h5-7,14H,13H2,1-4H3. The van der Waals surface area contributed by atoms with Crippen molar-refractivity contribution in [2.75, 3.05) is 11.1 Å². The Morgan fingerprint density at radius 2 is 1.88 bits per heavy atom. The van der Waals surface area contributed by atoms with E-state index in [0.717, 1.165) is 5.69 Å². The quantitative estimate of drug-likeness (QED) is 0.781. The monoisotopic (exact) mass is 234 g/mol. The molecule has 0 aliphatic carbocycles. The number of benzene rings is 1. The van der Waals surface area contributed by atoms with Gasteiger partial charge in [-0.25, -0.2) is 4.63 Å². The summed E-state index contributed by atoms with van der Waals surface area (Å²) in [4.78, 5) is 0. The predicted molar refractivity (Wildman–Crippen MR) is 68.8 cm³/mol. The largest absolute Gasteiger partial charge is 0.397 e. The van der Waals surface area contributed by atoms with Crippen LogP contribution >= 0.6 is 0 Å². The highest BCUT2D eigenvalue weighted by Gasteiger charge is 2.21. The number of aromatic nitrogens is 2. The molecule has 1 atom stereocenters. The van der Waals surface area contributed by atoms with Gasteiger partial charge in [-0.3, -0.25) is 0 Å². The first-order valence-corrected chi connectivity index (χ1v) is 5.67. The maximum absolute atomic E-state index is 5.80. The van der Waals surface area contributed by atoms with E-state index in [-0.39, 0.29) is 5.41 Å². The average molecular weight is 234 g/mol. The molecule has 17 heavy (non-hydrogen) atoms. The lowest BCUT2D eigenvalue weighted by Gasteiger charge is -2.29. The molecule has 1 unspecified atom stereocenters. The van der Waals surface area contributed by atoms with Gasteiger partial charge in [0.15, 0.2) is 11.0 Å². The van der Waals surface area contributed by atoms with E-state index < -0.39 is 0 Å². The Bertz CT molecular complexity index is 527. The van der Waals surface area contributed by atoms with Crippen molar-refractivity contribution in [3.63, 3.8) is 0 Å². The molecule has 1 aromatic heterocycles. The van der Waals surface area contributed by atoms with Crippen LogP contribution in [0.15, 0.2) is 16.8 Å². The Kier molecular flexibility index (Phi) is 2.69. The summed E-state index contributed by atoms with van der Waals surface area (Å²) in [6.45, 7) is 8.68. The van der Waals surface area contributed by atoms with E-state index in [1.54, 1.807) is 0 Å². The van der Waals surface area contributed by atoms with Gasteiger partial charge in [-0.05, 0) is 34.8 Å². The minimum absolute atomic E-state index is 0.158. The van der Waals surface area contributed by atoms with Crippen molar-refractivity contribution < 1.29 is 4.63 Å². The molecular weight excluding hydrogens is 216 g/mol. The molecule has 0 fully saturated rings. The molecule has 0 saturated carbocycles. The van der Waals surface area contributed by atoms with Crippen LogP contribution in [0.2, 0.25) is 0 Å². The van der Waals surface area contributed by atoms with E-state index in [1.807, 2.05) is 12.1 Å². The molecule has 1 heterocycles. The Balaban J connectivity index is 2.37. The van der Waals surface area contributed by atoms with Crippen molar-refractivity contribution in [1.29, 1.82) is 0 Å². The predicted octanol–water partition coefficient (Wildman–Crippen LogP) is 2.65. The maximum Gasteiger partial charge on any atom is 0.160 e. The van der Waals surface area contributed by atoms with Crippen LogP contribution in [0.25, 0.3) is 11.0 Å². The van der Waals surface area contributed by atoms with Crippen molar-refractivity contribution in [2.24, 2.45) is 5.41 Å². The van der Waals surface area contributed by atoms with Crippen LogP contribution in [-0.2, 0) is 0 Å². The molecule has 92 valence electrons. The molecule has 5 heteroatoms. The third kappa shape index (κ3) is 2.18. The summed E-state index contributed by atoms with van der Waals surface area (Å²) in [7, 11) is 0. The Morgan fingerprint density at radius 1 is 1.24 bits per heavy atom. The number of rotatable bonds is 2. The van der Waals surface area contributed by atoms with Gasteiger partial charge >= 0.3 is 0 Å². The normalized spacial score (nSPS) is 13.9. The molecule has 0 bridgehead atoms. The fourth-order valence-corrected chi connectivity index (χ4v) is 1.45. The maximum atomic E-state index is 5.80. The summed E-state index contributed by atoms with van der Waals surface area (Å²) in [5, 5.41) is 11.1. The number of nitrogens with two attached hydrogens (primary N) is 1. The van der Waals surface area contributed by atoms with E-state index in [2.05, 4.69) is 43.3 Å². The number of nitrogen functional groups attached to an aromatic ring is 1. The van der Waals surface area contributed by atoms with Gasteiger partial charge in [0.05, 0.1) is 11.4 Å². The van der Waals surface area contributed by atoms with Crippen molar-refractivity contribution in [2.45, 2.75) is 33.7 Å². The summed E-state index contributed by atoms with van der Waals surface area (Å²) in [5.74, 6) is 0. The van der Waals surface area contributed by atoms with Gasteiger partial charge in [0.1, 0.15) is 0 Å². The van der Waals surface area contributed by atoms with Crippen LogP contribution in [0, 0.1) is 5.41 Å². The molecule has 2 aromatic rings. The minimum Gasteiger partial charge on any atom is -0.397 e. The molecule has 0 aliphatic heterocycles. The third-order valence-electron chi connectivity index (χ3n) is 3.12. The fourth-order valence-electron chi connectivity index (χ4n) is 1.45. The number of hydrogen-bond acceptors (Lipinski definition) is 5. The van der Waals surface area contributed by atoms with Crippen LogP contribution in [0.1, 0.15) is 27.7 Å². The third-order valence-corrected chi connectivity index (χ3v) is 3.12. The van der Waals surface area contributed by atoms with Crippen LogP contribution in [0.4, 0.5) is 11.4 Å². The molecule has 5 nitrogen and oxygen atoms in total. The summed E-state index contributed by atoms with van der Waals surface area (Å²) < 4.78 is 4.73. The first-order chi connectivity index (χ1) is 7.89. The number of hydrogen-bond donors (Lipinski definition) is 2. The zero-order valence-corrected chi connectivity index (χ0v) is 10.6. The average Bonchev–Trinajstić information content (AvgIpc) is 2.70. The van der Waals surface area contributed by atoms with Gasteiger partial charge in [-0.2, -0.15) is 0 Å². The van der Waals surface area contributed by atoms with Crippen LogP contribution in [0.5, 0.6) is 0 Å². The molecule has 0 radical (unpaired) electrons. The highest BCUT2D eigenvalue weighted by atomic mass is 16.6. The zero-order chi connectivity index (χ0) is 12.6. The van der Waals surface area contributed by atoms with Crippen molar-refractivity contribution >= 4 is 22.4 Å². The summed E-state index contributed by atoms with van der Waals surface area (Å²) >= 11 is 0. The summed E-state index contributed by atoms with van der Waals surface area (Å²) in [6, 6.07) is 4.01. The first kappa shape index (κ1) is 11.7. The number of fused-ring (bicyclic) bond motifs is 1. The minimum atomic E-state index is 0.158. The van der Waals surface area contributed by atoms with Gasteiger partial charge in [-0.15, -0.1) is 0 Å². The first-order valence-electron chi connectivity index (χ1n) is 5.67. The number of nitrogens with one attached hydrogen (secondary N) is 1. The van der Waals surface area contributed by atoms with E-state index in [0.29, 0.717) is 22.8 Å². The smallest absolute Gasteiger partial charge is 0.160 e. The topological polar surface area (TPSA) is 77.0 Å². The van der Waals surface area contributed by atoms with Gasteiger partial charge in [-0.1, -0.05) is 20.8 Å². The zero-order valence-electron chi connectivity index (χ0n) is 10.6. The van der Waals surface area contributed by atoms with Gasteiger partial charge in [0.2, 0.25) is 0 Å². The SMILES string of the molecule is CC(Nc1ccc(N)c2nonc12)C(C)(C)C. The van der Waals surface area contributed by atoms with Gasteiger partial charge in [0, 0.05) is 6.04 Å². The number of anilines is 2. The highest BCUT2D eigenvalue weighted by Crippen LogP contribution is 2.28. The molecule has 3 N–H and O–H groups in total. The van der Waals surface area contributed by atoms with Crippen molar-refractivity contribution in [3.05, 3.63) is 12.1 Å². The molecule has 2 rings (SSSR count). The molecule has 0 amide bonds. The van der Waals surface area contributed by atoms with Crippen molar-refractivity contribution in [1.82, 2.24) is 10.3 Å². The Labute approximate surface area is 100 Å². The van der Waals surface area contributed by atoms with Crippen LogP contribution in [-0.4, -0.2) is 16.4 Å². The molecule has 1 aromatic carbocycles. The molecule has 0 aliphatic rings. The molecule has 0 spiro atoms. The summed E-state index contributed by atoms with van der Waals surface area (Å²) in [5.41, 5.74) is 8.72. The summed E-state index contributed by atoms with van der Waals surface area (Å²) in [6.07, 6.45) is 0. The fraction of sp³-hybridized carbons (Fsp3) is 0.500. The lowest BCUT2D eigenvalue weighted by Crippen LogP contribution is -2.30. The van der Waals surface area contributed by atoms with Crippen LogP contribution < -0.4 is 11.1 Å². The second-order valence-electron chi connectivity index (χ2n) is 5.40. The van der Waals surface area contributed by atoms with Crippen molar-refractivity contribution in [3.8, 4) is 0 Å².